The number of nitrogens with zero attached hydrogens (tertiary/aromatic N) is 4. The Bertz CT molecular complexity index is 659. The summed E-state index contributed by atoms with van der Waals surface area (Å²) in [7, 11) is 3.80. The summed E-state index contributed by atoms with van der Waals surface area (Å²) in [5.74, 6) is 0.169. The topological polar surface area (TPSA) is 89.1 Å². The van der Waals surface area contributed by atoms with Crippen LogP contribution in [0.15, 0.2) is 12.4 Å². The van der Waals surface area contributed by atoms with Gasteiger partial charge in [0.15, 0.2) is 5.82 Å². The SMILES string of the molecule is CN(Cc1cnn(C)c1)c1snc(N)c1C(=O)NC1CC1. The molecule has 0 radical (unpaired) electrons. The van der Waals surface area contributed by atoms with Gasteiger partial charge in [0.05, 0.1) is 6.20 Å². The Kier molecular flexibility index (Phi) is 3.54. The van der Waals surface area contributed by atoms with E-state index in [2.05, 4.69) is 14.8 Å². The van der Waals surface area contributed by atoms with Crippen LogP contribution in [0, 0.1) is 0 Å². The van der Waals surface area contributed by atoms with E-state index in [9.17, 15) is 4.79 Å². The summed E-state index contributed by atoms with van der Waals surface area (Å²) in [6.45, 7) is 0.652. The average molecular weight is 306 g/mol. The molecule has 0 atom stereocenters. The summed E-state index contributed by atoms with van der Waals surface area (Å²) in [5, 5.41) is 7.90. The van der Waals surface area contributed by atoms with Crippen LogP contribution in [0.5, 0.6) is 0 Å². The Morgan fingerprint density at radius 1 is 1.62 bits per heavy atom. The number of nitrogens with one attached hydrogen (secondary N) is 1. The summed E-state index contributed by atoms with van der Waals surface area (Å²) in [6.07, 6.45) is 5.85. The van der Waals surface area contributed by atoms with Crippen LogP contribution >= 0.6 is 11.5 Å². The van der Waals surface area contributed by atoms with Crippen LogP contribution in [0.1, 0.15) is 28.8 Å². The van der Waals surface area contributed by atoms with Crippen molar-refractivity contribution >= 4 is 28.3 Å². The van der Waals surface area contributed by atoms with E-state index in [-0.39, 0.29) is 5.91 Å². The third-order valence-electron chi connectivity index (χ3n) is 3.36. The molecule has 1 amide bonds. The van der Waals surface area contributed by atoms with Crippen LogP contribution in [0.4, 0.5) is 10.8 Å². The Hall–Kier alpha value is -2.09. The number of rotatable bonds is 5. The highest BCUT2D eigenvalue weighted by Gasteiger charge is 2.28. The molecule has 0 saturated heterocycles. The number of carbonyl (C=O) groups is 1. The van der Waals surface area contributed by atoms with Crippen LogP contribution in [0.3, 0.4) is 0 Å². The Balaban J connectivity index is 1.78. The maximum absolute atomic E-state index is 12.3. The predicted molar refractivity (Wildman–Crippen MR) is 82.3 cm³/mol. The third-order valence-corrected chi connectivity index (χ3v) is 4.34. The number of nitrogens with two attached hydrogens (primary N) is 1. The number of carbonyl (C=O) groups excluding carboxylic acids is 1. The maximum Gasteiger partial charge on any atom is 0.258 e. The Labute approximate surface area is 126 Å². The highest BCUT2D eigenvalue weighted by atomic mass is 32.1. The minimum atomic E-state index is -0.128. The lowest BCUT2D eigenvalue weighted by molar-refractivity contribution is 0.0952. The van der Waals surface area contributed by atoms with E-state index in [4.69, 9.17) is 5.73 Å². The van der Waals surface area contributed by atoms with Crippen molar-refractivity contribution in [3.63, 3.8) is 0 Å². The third kappa shape index (κ3) is 2.99. The van der Waals surface area contributed by atoms with E-state index in [1.165, 1.54) is 11.5 Å². The summed E-state index contributed by atoms with van der Waals surface area (Å²) < 4.78 is 5.88. The number of hydrogen-bond donors (Lipinski definition) is 2. The lowest BCUT2D eigenvalue weighted by Crippen LogP contribution is -2.28. The zero-order chi connectivity index (χ0) is 15.0. The van der Waals surface area contributed by atoms with E-state index in [0.717, 1.165) is 23.4 Å². The molecule has 1 saturated carbocycles. The first-order chi connectivity index (χ1) is 10.0. The second-order valence-electron chi connectivity index (χ2n) is 5.37. The normalized spacial score (nSPS) is 14.2. The summed E-state index contributed by atoms with van der Waals surface area (Å²) in [4.78, 5) is 14.3. The van der Waals surface area contributed by atoms with E-state index < -0.39 is 0 Å². The fourth-order valence-corrected chi connectivity index (χ4v) is 2.92. The van der Waals surface area contributed by atoms with Gasteiger partial charge in [-0.25, -0.2) is 0 Å². The van der Waals surface area contributed by atoms with Crippen LogP contribution in [-0.2, 0) is 13.6 Å². The molecular weight excluding hydrogens is 288 g/mol. The largest absolute Gasteiger partial charge is 0.382 e. The van der Waals surface area contributed by atoms with E-state index in [0.29, 0.717) is 24.0 Å². The molecular formula is C13H18N6OS. The average Bonchev–Trinajstić information content (AvgIpc) is 3.01. The minimum absolute atomic E-state index is 0.128. The van der Waals surface area contributed by atoms with Crippen LogP contribution < -0.4 is 16.0 Å². The lowest BCUT2D eigenvalue weighted by atomic mass is 10.2. The summed E-state index contributed by atoms with van der Waals surface area (Å²) in [6, 6.07) is 0.299. The quantitative estimate of drug-likeness (QED) is 0.860. The van der Waals surface area contributed by atoms with Crippen molar-refractivity contribution in [1.82, 2.24) is 19.5 Å². The molecule has 3 rings (SSSR count). The molecule has 0 bridgehead atoms. The lowest BCUT2D eigenvalue weighted by Gasteiger charge is -2.17. The first-order valence-corrected chi connectivity index (χ1v) is 7.56. The smallest absolute Gasteiger partial charge is 0.258 e. The molecule has 1 fully saturated rings. The highest BCUT2D eigenvalue weighted by molar-refractivity contribution is 7.11. The van der Waals surface area contributed by atoms with Crippen molar-refractivity contribution < 1.29 is 4.79 Å². The monoisotopic (exact) mass is 306 g/mol. The maximum atomic E-state index is 12.3. The molecule has 2 aromatic rings. The molecule has 0 aliphatic heterocycles. The predicted octanol–water partition coefficient (Wildman–Crippen LogP) is 0.987. The molecule has 0 spiro atoms. The Morgan fingerprint density at radius 2 is 2.38 bits per heavy atom. The molecule has 1 aliphatic carbocycles. The van der Waals surface area contributed by atoms with Crippen molar-refractivity contribution in [3.8, 4) is 0 Å². The van der Waals surface area contributed by atoms with Crippen molar-refractivity contribution in [2.75, 3.05) is 17.7 Å². The van der Waals surface area contributed by atoms with Crippen molar-refractivity contribution in [2.24, 2.45) is 7.05 Å². The van der Waals surface area contributed by atoms with E-state index in [1.54, 1.807) is 4.68 Å². The number of hydrogen-bond acceptors (Lipinski definition) is 6. The fraction of sp³-hybridized carbons (Fsp3) is 0.462. The van der Waals surface area contributed by atoms with Gasteiger partial charge in [-0.2, -0.15) is 9.47 Å². The minimum Gasteiger partial charge on any atom is -0.382 e. The molecule has 1 aliphatic rings. The van der Waals surface area contributed by atoms with Gasteiger partial charge in [-0.05, 0) is 24.4 Å². The molecule has 0 unspecified atom stereocenters. The molecule has 2 heterocycles. The molecule has 3 N–H and O–H groups in total. The van der Waals surface area contributed by atoms with Crippen LogP contribution in [0.25, 0.3) is 0 Å². The summed E-state index contributed by atoms with van der Waals surface area (Å²) in [5.41, 5.74) is 7.42. The van der Waals surface area contributed by atoms with Crippen molar-refractivity contribution in [1.29, 1.82) is 0 Å². The molecule has 21 heavy (non-hydrogen) atoms. The second-order valence-corrected chi connectivity index (χ2v) is 6.13. The van der Waals surface area contributed by atoms with Crippen molar-refractivity contribution in [3.05, 3.63) is 23.5 Å². The van der Waals surface area contributed by atoms with Crippen LogP contribution in [0.2, 0.25) is 0 Å². The highest BCUT2D eigenvalue weighted by Crippen LogP contribution is 2.31. The van der Waals surface area contributed by atoms with Gasteiger partial charge in [0.2, 0.25) is 0 Å². The summed E-state index contributed by atoms with van der Waals surface area (Å²) >= 11 is 1.25. The van der Waals surface area contributed by atoms with E-state index in [1.807, 2.05) is 31.4 Å². The number of aromatic nitrogens is 3. The molecule has 2 aromatic heterocycles. The number of aryl methyl sites for hydroxylation is 1. The Morgan fingerprint density at radius 3 is 3.00 bits per heavy atom. The second kappa shape index (κ2) is 5.36. The van der Waals surface area contributed by atoms with Gasteiger partial charge in [-0.3, -0.25) is 9.48 Å². The molecule has 8 heteroatoms. The van der Waals surface area contributed by atoms with Gasteiger partial charge < -0.3 is 16.0 Å². The van der Waals surface area contributed by atoms with Gasteiger partial charge in [-0.15, -0.1) is 0 Å². The van der Waals surface area contributed by atoms with Gasteiger partial charge >= 0.3 is 0 Å². The number of anilines is 2. The molecule has 0 aromatic carbocycles. The first kappa shape index (κ1) is 13.9. The zero-order valence-corrected chi connectivity index (χ0v) is 12.9. The van der Waals surface area contributed by atoms with Gasteiger partial charge in [0.1, 0.15) is 10.6 Å². The first-order valence-electron chi connectivity index (χ1n) is 6.79. The molecule has 112 valence electrons. The number of nitrogen functional groups attached to an aromatic ring is 1. The van der Waals surface area contributed by atoms with Crippen molar-refractivity contribution in [2.45, 2.75) is 25.4 Å². The standard InChI is InChI=1S/C13H18N6OS/c1-18(6-8-5-15-19(2)7-8)13-10(11(14)17-21-13)12(20)16-9-3-4-9/h5,7,9H,3-4,6H2,1-2H3,(H2,14,17)(H,16,20). The van der Waals surface area contributed by atoms with Gasteiger partial charge in [-0.1, -0.05) is 0 Å². The van der Waals surface area contributed by atoms with E-state index >= 15 is 0 Å². The van der Waals surface area contributed by atoms with Crippen LogP contribution in [-0.4, -0.2) is 33.2 Å². The number of amides is 1. The fourth-order valence-electron chi connectivity index (χ4n) is 2.15. The van der Waals surface area contributed by atoms with Gasteiger partial charge in [0.25, 0.3) is 5.91 Å². The zero-order valence-electron chi connectivity index (χ0n) is 12.0. The van der Waals surface area contributed by atoms with Gasteiger partial charge in [0, 0.05) is 38.4 Å². The molecule has 7 nitrogen and oxygen atoms in total.